The lowest BCUT2D eigenvalue weighted by molar-refractivity contribution is 0.628. The zero-order valence-electron chi connectivity index (χ0n) is 9.30. The van der Waals surface area contributed by atoms with Crippen molar-refractivity contribution in [2.24, 2.45) is 0 Å². The summed E-state index contributed by atoms with van der Waals surface area (Å²) in [5.41, 5.74) is 8.50. The third kappa shape index (κ3) is 2.50. The fraction of sp³-hybridized carbons (Fsp3) is 0.0769. The van der Waals surface area contributed by atoms with Gasteiger partial charge in [0, 0.05) is 0 Å². The van der Waals surface area contributed by atoms with Crippen LogP contribution in [0.1, 0.15) is 5.56 Å². The summed E-state index contributed by atoms with van der Waals surface area (Å²) in [4.78, 5) is 0. The summed E-state index contributed by atoms with van der Waals surface area (Å²) in [6.07, 6.45) is 0. The smallest absolute Gasteiger partial charge is 0.125 e. The summed E-state index contributed by atoms with van der Waals surface area (Å²) in [5.74, 6) is -0.357. The summed E-state index contributed by atoms with van der Waals surface area (Å²) in [6, 6.07) is 9.81. The van der Waals surface area contributed by atoms with E-state index in [9.17, 15) is 4.39 Å². The molecule has 0 spiro atoms. The van der Waals surface area contributed by atoms with Crippen LogP contribution in [0.25, 0.3) is 0 Å². The van der Waals surface area contributed by atoms with Crippen molar-refractivity contribution in [2.75, 3.05) is 11.1 Å². The Morgan fingerprint density at radius 2 is 2.00 bits per heavy atom. The topological polar surface area (TPSA) is 38.0 Å². The van der Waals surface area contributed by atoms with Crippen LogP contribution in [-0.2, 0) is 0 Å². The molecule has 0 radical (unpaired) electrons. The first kappa shape index (κ1) is 11.7. The Labute approximate surface area is 104 Å². The Morgan fingerprint density at radius 1 is 1.24 bits per heavy atom. The lowest BCUT2D eigenvalue weighted by Crippen LogP contribution is -1.99. The molecule has 2 aromatic rings. The summed E-state index contributed by atoms with van der Waals surface area (Å²) in [5, 5.41) is 3.72. The number of nitrogens with one attached hydrogen (secondary N) is 1. The maximum atomic E-state index is 12.9. The van der Waals surface area contributed by atoms with Crippen molar-refractivity contribution in [3.8, 4) is 0 Å². The van der Waals surface area contributed by atoms with E-state index in [-0.39, 0.29) is 5.82 Å². The molecule has 17 heavy (non-hydrogen) atoms. The normalized spacial score (nSPS) is 10.3. The fourth-order valence-corrected chi connectivity index (χ4v) is 1.84. The lowest BCUT2D eigenvalue weighted by atomic mass is 10.2. The summed E-state index contributed by atoms with van der Waals surface area (Å²) < 4.78 is 12.9. The van der Waals surface area contributed by atoms with Crippen molar-refractivity contribution in [1.29, 1.82) is 0 Å². The van der Waals surface area contributed by atoms with E-state index in [1.807, 2.05) is 19.1 Å². The fourth-order valence-electron chi connectivity index (χ4n) is 1.57. The summed E-state index contributed by atoms with van der Waals surface area (Å²) in [7, 11) is 0. The van der Waals surface area contributed by atoms with Crippen molar-refractivity contribution in [3.05, 3.63) is 52.8 Å². The molecule has 0 fully saturated rings. The molecular weight excluding hydrogens is 239 g/mol. The Balaban J connectivity index is 2.38. The van der Waals surface area contributed by atoms with Crippen molar-refractivity contribution in [3.63, 3.8) is 0 Å². The van der Waals surface area contributed by atoms with Crippen LogP contribution in [0.4, 0.5) is 21.5 Å². The van der Waals surface area contributed by atoms with Gasteiger partial charge in [-0.1, -0.05) is 23.7 Å². The van der Waals surface area contributed by atoms with Crippen molar-refractivity contribution in [1.82, 2.24) is 0 Å². The molecule has 0 heterocycles. The van der Waals surface area contributed by atoms with Crippen LogP contribution in [0, 0.1) is 12.7 Å². The van der Waals surface area contributed by atoms with Crippen molar-refractivity contribution < 1.29 is 4.39 Å². The number of rotatable bonds is 2. The molecule has 0 bridgehead atoms. The van der Waals surface area contributed by atoms with Crippen molar-refractivity contribution in [2.45, 2.75) is 6.92 Å². The zero-order chi connectivity index (χ0) is 12.4. The number of hydrogen-bond donors (Lipinski definition) is 2. The van der Waals surface area contributed by atoms with Gasteiger partial charge in [0.2, 0.25) is 0 Å². The molecule has 2 nitrogen and oxygen atoms in total. The van der Waals surface area contributed by atoms with Crippen LogP contribution in [0.2, 0.25) is 5.02 Å². The molecule has 0 amide bonds. The first-order valence-electron chi connectivity index (χ1n) is 5.15. The SMILES string of the molecule is Cc1cccc(Cl)c1Nc1ccc(F)cc1N. The van der Waals surface area contributed by atoms with Crippen LogP contribution in [0.15, 0.2) is 36.4 Å². The molecule has 88 valence electrons. The molecule has 0 aromatic heterocycles. The predicted molar refractivity (Wildman–Crippen MR) is 70.3 cm³/mol. The van der Waals surface area contributed by atoms with Crippen LogP contribution in [0.3, 0.4) is 0 Å². The van der Waals surface area contributed by atoms with E-state index in [1.165, 1.54) is 12.1 Å². The van der Waals surface area contributed by atoms with E-state index in [4.69, 9.17) is 17.3 Å². The molecule has 0 aliphatic carbocycles. The average molecular weight is 251 g/mol. The number of hydrogen-bond acceptors (Lipinski definition) is 2. The first-order chi connectivity index (χ1) is 8.08. The van der Waals surface area contributed by atoms with E-state index in [2.05, 4.69) is 5.32 Å². The molecule has 0 aliphatic rings. The Bertz CT molecular complexity index is 535. The Hall–Kier alpha value is -1.74. The highest BCUT2D eigenvalue weighted by atomic mass is 35.5. The molecule has 4 heteroatoms. The van der Waals surface area contributed by atoms with Gasteiger partial charge in [-0.25, -0.2) is 4.39 Å². The molecule has 3 N–H and O–H groups in total. The number of nitrogens with two attached hydrogens (primary N) is 1. The number of aryl methyl sites for hydroxylation is 1. The van der Waals surface area contributed by atoms with E-state index in [0.29, 0.717) is 16.4 Å². The lowest BCUT2D eigenvalue weighted by Gasteiger charge is -2.13. The Morgan fingerprint density at radius 3 is 2.65 bits per heavy atom. The van der Waals surface area contributed by atoms with Crippen LogP contribution in [0.5, 0.6) is 0 Å². The predicted octanol–water partition coefficient (Wildman–Crippen LogP) is 4.11. The molecule has 0 saturated heterocycles. The third-order valence-electron chi connectivity index (χ3n) is 2.50. The quantitative estimate of drug-likeness (QED) is 0.787. The molecule has 2 rings (SSSR count). The number of benzene rings is 2. The van der Waals surface area contributed by atoms with E-state index >= 15 is 0 Å². The maximum Gasteiger partial charge on any atom is 0.125 e. The molecule has 0 unspecified atom stereocenters. The second-order valence-corrected chi connectivity index (χ2v) is 4.20. The zero-order valence-corrected chi connectivity index (χ0v) is 10.1. The van der Waals surface area contributed by atoms with Gasteiger partial charge < -0.3 is 11.1 Å². The first-order valence-corrected chi connectivity index (χ1v) is 5.53. The Kier molecular flexibility index (Phi) is 3.20. The maximum absolute atomic E-state index is 12.9. The van der Waals surface area contributed by atoms with Crippen LogP contribution >= 0.6 is 11.6 Å². The number of halogens is 2. The van der Waals surface area contributed by atoms with Gasteiger partial charge in [-0.05, 0) is 36.8 Å². The van der Waals surface area contributed by atoms with Crippen LogP contribution < -0.4 is 11.1 Å². The van der Waals surface area contributed by atoms with Gasteiger partial charge in [-0.2, -0.15) is 0 Å². The third-order valence-corrected chi connectivity index (χ3v) is 2.81. The summed E-state index contributed by atoms with van der Waals surface area (Å²) >= 11 is 6.09. The minimum atomic E-state index is -0.357. The molecule has 0 aliphatic heterocycles. The van der Waals surface area contributed by atoms with Gasteiger partial charge in [0.05, 0.1) is 22.1 Å². The van der Waals surface area contributed by atoms with E-state index in [1.54, 1.807) is 12.1 Å². The molecule has 0 atom stereocenters. The highest BCUT2D eigenvalue weighted by Crippen LogP contribution is 2.31. The van der Waals surface area contributed by atoms with Crippen LogP contribution in [-0.4, -0.2) is 0 Å². The molecule has 0 saturated carbocycles. The average Bonchev–Trinajstić information content (AvgIpc) is 2.26. The highest BCUT2D eigenvalue weighted by Gasteiger charge is 2.06. The molecule has 2 aromatic carbocycles. The largest absolute Gasteiger partial charge is 0.397 e. The highest BCUT2D eigenvalue weighted by molar-refractivity contribution is 6.33. The second-order valence-electron chi connectivity index (χ2n) is 3.79. The van der Waals surface area contributed by atoms with Gasteiger partial charge in [-0.3, -0.25) is 0 Å². The van der Waals surface area contributed by atoms with Gasteiger partial charge >= 0.3 is 0 Å². The second kappa shape index (κ2) is 4.63. The number of anilines is 3. The number of nitrogen functional groups attached to an aromatic ring is 1. The standard InChI is InChI=1S/C13H12ClFN2/c1-8-3-2-4-10(14)13(8)17-12-6-5-9(15)7-11(12)16/h2-7,17H,16H2,1H3. The van der Waals surface area contributed by atoms with Gasteiger partial charge in [0.25, 0.3) is 0 Å². The van der Waals surface area contributed by atoms with Crippen molar-refractivity contribution >= 4 is 28.7 Å². The monoisotopic (exact) mass is 250 g/mol. The van der Waals surface area contributed by atoms with E-state index in [0.717, 1.165) is 11.3 Å². The molecular formula is C13H12ClFN2. The minimum absolute atomic E-state index is 0.351. The van der Waals surface area contributed by atoms with Gasteiger partial charge in [-0.15, -0.1) is 0 Å². The van der Waals surface area contributed by atoms with Gasteiger partial charge in [0.1, 0.15) is 5.82 Å². The summed E-state index contributed by atoms with van der Waals surface area (Å²) in [6.45, 7) is 1.94. The van der Waals surface area contributed by atoms with Gasteiger partial charge in [0.15, 0.2) is 0 Å². The number of para-hydroxylation sites is 1. The van der Waals surface area contributed by atoms with E-state index < -0.39 is 0 Å². The minimum Gasteiger partial charge on any atom is -0.397 e.